The van der Waals surface area contributed by atoms with E-state index >= 15 is 0 Å². The molecule has 2 N–H and O–H groups in total. The molecule has 1 unspecified atom stereocenters. The maximum Gasteiger partial charge on any atom is 0.315 e. The van der Waals surface area contributed by atoms with Crippen molar-refractivity contribution in [3.63, 3.8) is 0 Å². The molecule has 7 heteroatoms. The average molecular weight is 330 g/mol. The van der Waals surface area contributed by atoms with E-state index in [9.17, 15) is 4.79 Å². The second kappa shape index (κ2) is 5.98. The highest BCUT2D eigenvalue weighted by molar-refractivity contribution is 5.75. The number of aryl methyl sites for hydroxylation is 1. The smallest absolute Gasteiger partial charge is 0.315 e. The van der Waals surface area contributed by atoms with Crippen molar-refractivity contribution in [2.24, 2.45) is 7.05 Å². The summed E-state index contributed by atoms with van der Waals surface area (Å²) in [5.74, 6) is 1.23. The van der Waals surface area contributed by atoms with Crippen molar-refractivity contribution in [2.45, 2.75) is 36.8 Å². The van der Waals surface area contributed by atoms with E-state index in [4.69, 9.17) is 9.15 Å². The number of nitrogens with one attached hydrogen (secondary N) is 2. The zero-order valence-corrected chi connectivity index (χ0v) is 13.7. The molecule has 2 aromatic heterocycles. The number of hydrogen-bond acceptors (Lipinski definition) is 4. The largest absolute Gasteiger partial charge is 0.469 e. The molecule has 2 fully saturated rings. The number of rotatable bonds is 5. The summed E-state index contributed by atoms with van der Waals surface area (Å²) in [6.07, 6.45) is 8.24. The van der Waals surface area contributed by atoms with Gasteiger partial charge in [-0.3, -0.25) is 4.68 Å². The van der Waals surface area contributed by atoms with Gasteiger partial charge in [-0.1, -0.05) is 0 Å². The first-order valence-electron chi connectivity index (χ1n) is 8.37. The predicted octanol–water partition coefficient (Wildman–Crippen LogP) is 1.87. The van der Waals surface area contributed by atoms with Crippen molar-refractivity contribution < 1.29 is 13.9 Å². The molecule has 24 heavy (non-hydrogen) atoms. The lowest BCUT2D eigenvalue weighted by molar-refractivity contribution is 0.00291. The normalized spacial score (nSPS) is 28.7. The summed E-state index contributed by atoms with van der Waals surface area (Å²) < 4.78 is 13.1. The Morgan fingerprint density at radius 3 is 3.12 bits per heavy atom. The third-order valence-electron chi connectivity index (χ3n) is 4.88. The summed E-state index contributed by atoms with van der Waals surface area (Å²) in [7, 11) is 1.88. The molecule has 2 aromatic rings. The van der Waals surface area contributed by atoms with Crippen molar-refractivity contribution in [1.82, 2.24) is 20.4 Å². The molecule has 0 spiro atoms. The van der Waals surface area contributed by atoms with Crippen LogP contribution in [0, 0.1) is 0 Å². The summed E-state index contributed by atoms with van der Waals surface area (Å²) in [5.41, 5.74) is 0.554. The minimum Gasteiger partial charge on any atom is -0.469 e. The summed E-state index contributed by atoms with van der Waals surface area (Å²) in [6.45, 7) is 1.16. The van der Waals surface area contributed by atoms with Gasteiger partial charge in [-0.05, 0) is 31.4 Å². The van der Waals surface area contributed by atoms with Crippen molar-refractivity contribution in [1.29, 1.82) is 0 Å². The van der Waals surface area contributed by atoms with E-state index in [2.05, 4.69) is 15.7 Å². The van der Waals surface area contributed by atoms with Crippen LogP contribution in [0.1, 0.15) is 36.5 Å². The first kappa shape index (κ1) is 15.3. The quantitative estimate of drug-likeness (QED) is 0.877. The number of aromatic nitrogens is 2. The van der Waals surface area contributed by atoms with E-state index in [1.807, 2.05) is 31.6 Å². The van der Waals surface area contributed by atoms with Crippen LogP contribution in [0.5, 0.6) is 0 Å². The highest BCUT2D eigenvalue weighted by Crippen LogP contribution is 2.41. The minimum absolute atomic E-state index is 0.148. The SMILES string of the molecule is Cn1cc(C2(CNC(=O)N[C@@H]3C[C@H]3c3ccco3)CCCO2)cn1. The van der Waals surface area contributed by atoms with E-state index in [-0.39, 0.29) is 12.1 Å². The maximum absolute atomic E-state index is 12.2. The Balaban J connectivity index is 1.33. The molecule has 2 amide bonds. The first-order valence-corrected chi connectivity index (χ1v) is 8.37. The van der Waals surface area contributed by atoms with Crippen molar-refractivity contribution in [3.05, 3.63) is 42.1 Å². The lowest BCUT2D eigenvalue weighted by Crippen LogP contribution is -2.45. The zero-order valence-electron chi connectivity index (χ0n) is 13.7. The second-order valence-electron chi connectivity index (χ2n) is 6.64. The molecule has 7 nitrogen and oxygen atoms in total. The van der Waals surface area contributed by atoms with Crippen LogP contribution in [0.15, 0.2) is 35.2 Å². The number of ether oxygens (including phenoxy) is 1. The number of urea groups is 1. The van der Waals surface area contributed by atoms with Gasteiger partial charge in [0.05, 0.1) is 19.0 Å². The minimum atomic E-state index is -0.463. The van der Waals surface area contributed by atoms with Gasteiger partial charge in [0.1, 0.15) is 11.4 Å². The van der Waals surface area contributed by atoms with Crippen LogP contribution < -0.4 is 10.6 Å². The Labute approximate surface area is 140 Å². The summed E-state index contributed by atoms with van der Waals surface area (Å²) in [5, 5.41) is 10.2. The van der Waals surface area contributed by atoms with Crippen LogP contribution in [-0.4, -0.2) is 35.0 Å². The highest BCUT2D eigenvalue weighted by atomic mass is 16.5. The third-order valence-corrected chi connectivity index (χ3v) is 4.88. The van der Waals surface area contributed by atoms with Gasteiger partial charge in [-0.2, -0.15) is 5.10 Å². The second-order valence-corrected chi connectivity index (χ2v) is 6.64. The fourth-order valence-corrected chi connectivity index (χ4v) is 3.44. The molecule has 3 atom stereocenters. The van der Waals surface area contributed by atoms with Crippen LogP contribution in [0.4, 0.5) is 4.79 Å². The number of nitrogens with zero attached hydrogens (tertiary/aromatic N) is 2. The van der Waals surface area contributed by atoms with Crippen LogP contribution >= 0.6 is 0 Å². The molecule has 0 aromatic carbocycles. The van der Waals surface area contributed by atoms with E-state index in [1.54, 1.807) is 10.9 Å². The summed E-state index contributed by atoms with van der Waals surface area (Å²) >= 11 is 0. The van der Waals surface area contributed by atoms with Gasteiger partial charge in [-0.15, -0.1) is 0 Å². The molecular weight excluding hydrogens is 308 g/mol. The summed E-state index contributed by atoms with van der Waals surface area (Å²) in [6, 6.07) is 3.82. The number of furan rings is 1. The molecule has 1 saturated heterocycles. The molecule has 128 valence electrons. The van der Waals surface area contributed by atoms with E-state index in [1.165, 1.54) is 0 Å². The maximum atomic E-state index is 12.2. The molecule has 0 radical (unpaired) electrons. The Bertz CT molecular complexity index is 703. The molecule has 4 rings (SSSR count). The lowest BCUT2D eigenvalue weighted by atomic mass is 9.93. The molecule has 1 saturated carbocycles. The summed E-state index contributed by atoms with van der Waals surface area (Å²) in [4.78, 5) is 12.2. The van der Waals surface area contributed by atoms with Gasteiger partial charge < -0.3 is 19.8 Å². The molecular formula is C17H22N4O3. The van der Waals surface area contributed by atoms with Crippen LogP contribution in [0.25, 0.3) is 0 Å². The van der Waals surface area contributed by atoms with Gasteiger partial charge >= 0.3 is 6.03 Å². The Morgan fingerprint density at radius 2 is 2.46 bits per heavy atom. The van der Waals surface area contributed by atoms with Crippen molar-refractivity contribution >= 4 is 6.03 Å². The third kappa shape index (κ3) is 2.91. The monoisotopic (exact) mass is 330 g/mol. The number of carbonyl (C=O) groups is 1. The van der Waals surface area contributed by atoms with Crippen LogP contribution in [0.3, 0.4) is 0 Å². The fraction of sp³-hybridized carbons (Fsp3) is 0.529. The fourth-order valence-electron chi connectivity index (χ4n) is 3.44. The van der Waals surface area contributed by atoms with Gasteiger partial charge in [0.25, 0.3) is 0 Å². The van der Waals surface area contributed by atoms with Gasteiger partial charge in [0.15, 0.2) is 0 Å². The lowest BCUT2D eigenvalue weighted by Gasteiger charge is -2.27. The molecule has 2 aliphatic rings. The Hall–Kier alpha value is -2.28. The van der Waals surface area contributed by atoms with Crippen LogP contribution in [0.2, 0.25) is 0 Å². The Kier molecular flexibility index (Phi) is 3.80. The number of hydrogen-bond donors (Lipinski definition) is 2. The zero-order chi connectivity index (χ0) is 16.6. The Morgan fingerprint density at radius 1 is 1.54 bits per heavy atom. The van der Waals surface area contributed by atoms with Gasteiger partial charge in [0, 0.05) is 37.4 Å². The molecule has 1 aliphatic carbocycles. The number of amides is 2. The number of carbonyl (C=O) groups excluding carboxylic acids is 1. The molecule has 1 aliphatic heterocycles. The average Bonchev–Trinajstić information content (AvgIpc) is 3.05. The van der Waals surface area contributed by atoms with E-state index < -0.39 is 5.60 Å². The van der Waals surface area contributed by atoms with E-state index in [0.29, 0.717) is 19.1 Å². The topological polar surface area (TPSA) is 81.3 Å². The van der Waals surface area contributed by atoms with E-state index in [0.717, 1.165) is 30.6 Å². The van der Waals surface area contributed by atoms with Gasteiger partial charge in [-0.25, -0.2) is 4.79 Å². The first-order chi connectivity index (χ1) is 11.7. The van der Waals surface area contributed by atoms with Crippen molar-refractivity contribution in [2.75, 3.05) is 13.2 Å². The molecule has 0 bridgehead atoms. The van der Waals surface area contributed by atoms with Gasteiger partial charge in [0.2, 0.25) is 0 Å². The predicted molar refractivity (Wildman–Crippen MR) is 86.5 cm³/mol. The van der Waals surface area contributed by atoms with Crippen LogP contribution in [-0.2, 0) is 17.4 Å². The highest BCUT2D eigenvalue weighted by Gasteiger charge is 2.42. The standard InChI is InChI=1S/C17H22N4O3/c1-21-10-12(9-19-21)17(5-3-7-24-17)11-18-16(22)20-14-8-13(14)15-4-2-6-23-15/h2,4,6,9-10,13-14H,3,5,7-8,11H2,1H3,(H2,18,20,22)/t13-,14-,17?/m1/s1. The molecule has 3 heterocycles. The van der Waals surface area contributed by atoms with Crippen molar-refractivity contribution in [3.8, 4) is 0 Å².